The highest BCUT2D eigenvalue weighted by Gasteiger charge is 2.51. The Morgan fingerprint density at radius 3 is 2.68 bits per heavy atom. The molecule has 0 spiro atoms. The Labute approximate surface area is 150 Å². The van der Waals surface area contributed by atoms with Crippen LogP contribution >= 0.6 is 12.2 Å². The fraction of sp³-hybridized carbons (Fsp3) is 0.438. The van der Waals surface area contributed by atoms with Crippen molar-refractivity contribution in [3.05, 3.63) is 23.8 Å². The SMILES string of the molecule is CN1C(=O)C2C(NC(=S)N2Cc2ccc3c(c2)OCCO3)N(C)C1=O. The Hall–Kier alpha value is -2.55. The predicted octanol–water partition coefficient (Wildman–Crippen LogP) is 0.366. The molecule has 2 atom stereocenters. The first kappa shape index (κ1) is 15.9. The second kappa shape index (κ2) is 5.76. The predicted molar refractivity (Wildman–Crippen MR) is 92.2 cm³/mol. The summed E-state index contributed by atoms with van der Waals surface area (Å²) in [5, 5.41) is 3.53. The highest BCUT2D eigenvalue weighted by Crippen LogP contribution is 2.32. The topological polar surface area (TPSA) is 74.4 Å². The molecule has 3 amide bonds. The quantitative estimate of drug-likeness (QED) is 0.762. The van der Waals surface area contributed by atoms with Gasteiger partial charge in [-0.1, -0.05) is 6.07 Å². The summed E-state index contributed by atoms with van der Waals surface area (Å²) < 4.78 is 11.1. The van der Waals surface area contributed by atoms with E-state index in [2.05, 4.69) is 5.32 Å². The molecule has 3 aliphatic rings. The first-order chi connectivity index (χ1) is 12.0. The molecule has 0 aliphatic carbocycles. The van der Waals surface area contributed by atoms with E-state index in [-0.39, 0.29) is 11.9 Å². The Bertz CT molecular complexity index is 771. The lowest BCUT2D eigenvalue weighted by Gasteiger charge is -2.39. The minimum Gasteiger partial charge on any atom is -0.486 e. The monoisotopic (exact) mass is 362 g/mol. The highest BCUT2D eigenvalue weighted by atomic mass is 32.1. The van der Waals surface area contributed by atoms with Gasteiger partial charge < -0.3 is 24.6 Å². The number of likely N-dealkylation sites (N-methyl/N-ethyl adjacent to an activating group) is 2. The molecule has 2 unspecified atom stereocenters. The number of carbonyl (C=O) groups is 2. The Morgan fingerprint density at radius 2 is 1.92 bits per heavy atom. The van der Waals surface area contributed by atoms with Crippen LogP contribution in [-0.2, 0) is 11.3 Å². The van der Waals surface area contributed by atoms with Crippen molar-refractivity contribution < 1.29 is 19.1 Å². The maximum absolute atomic E-state index is 12.6. The average Bonchev–Trinajstić information content (AvgIpc) is 2.95. The largest absolute Gasteiger partial charge is 0.486 e. The highest BCUT2D eigenvalue weighted by molar-refractivity contribution is 7.80. The van der Waals surface area contributed by atoms with E-state index in [1.807, 2.05) is 23.1 Å². The van der Waals surface area contributed by atoms with Crippen molar-refractivity contribution in [2.45, 2.75) is 18.8 Å². The minimum absolute atomic E-state index is 0.266. The fourth-order valence-electron chi connectivity index (χ4n) is 3.36. The van der Waals surface area contributed by atoms with Gasteiger partial charge in [-0.05, 0) is 29.9 Å². The number of nitrogens with one attached hydrogen (secondary N) is 1. The van der Waals surface area contributed by atoms with Crippen molar-refractivity contribution in [3.8, 4) is 11.5 Å². The van der Waals surface area contributed by atoms with Gasteiger partial charge in [0.05, 0.1) is 0 Å². The number of hydrogen-bond donors (Lipinski definition) is 1. The van der Waals surface area contributed by atoms with Crippen LogP contribution in [0.3, 0.4) is 0 Å². The number of carbonyl (C=O) groups excluding carboxylic acids is 2. The number of benzene rings is 1. The molecule has 8 nitrogen and oxygen atoms in total. The summed E-state index contributed by atoms with van der Waals surface area (Å²) in [6.07, 6.45) is -0.457. The van der Waals surface area contributed by atoms with Gasteiger partial charge in [0.2, 0.25) is 0 Å². The zero-order valence-electron chi connectivity index (χ0n) is 13.9. The molecular formula is C16H18N4O4S. The van der Waals surface area contributed by atoms with Crippen molar-refractivity contribution in [1.29, 1.82) is 0 Å². The van der Waals surface area contributed by atoms with E-state index in [4.69, 9.17) is 21.7 Å². The number of imide groups is 1. The molecule has 4 rings (SSSR count). The number of ether oxygens (including phenoxy) is 2. The third-order valence-corrected chi connectivity index (χ3v) is 5.07. The summed E-state index contributed by atoms with van der Waals surface area (Å²) in [7, 11) is 3.15. The first-order valence-corrected chi connectivity index (χ1v) is 8.38. The van der Waals surface area contributed by atoms with Crippen LogP contribution in [0.4, 0.5) is 4.79 Å². The Morgan fingerprint density at radius 1 is 1.20 bits per heavy atom. The van der Waals surface area contributed by atoms with E-state index in [0.717, 1.165) is 10.5 Å². The van der Waals surface area contributed by atoms with Gasteiger partial charge >= 0.3 is 6.03 Å². The fourth-order valence-corrected chi connectivity index (χ4v) is 3.66. The summed E-state index contributed by atoms with van der Waals surface area (Å²) in [6, 6.07) is 4.79. The second-order valence-corrected chi connectivity index (χ2v) is 6.62. The van der Waals surface area contributed by atoms with Gasteiger partial charge in [0.15, 0.2) is 22.7 Å². The maximum atomic E-state index is 12.6. The van der Waals surface area contributed by atoms with Crippen LogP contribution in [0, 0.1) is 0 Å². The number of thiocarbonyl (C=S) groups is 1. The average molecular weight is 362 g/mol. The molecule has 2 saturated heterocycles. The van der Waals surface area contributed by atoms with Gasteiger partial charge in [-0.25, -0.2) is 4.79 Å². The van der Waals surface area contributed by atoms with Crippen LogP contribution in [0.2, 0.25) is 0 Å². The van der Waals surface area contributed by atoms with E-state index in [1.165, 1.54) is 11.9 Å². The molecule has 0 aromatic heterocycles. The first-order valence-electron chi connectivity index (χ1n) is 7.97. The van der Waals surface area contributed by atoms with E-state index in [0.29, 0.717) is 36.4 Å². The molecular weight excluding hydrogens is 344 g/mol. The van der Waals surface area contributed by atoms with Crippen LogP contribution in [0.25, 0.3) is 0 Å². The molecule has 1 N–H and O–H groups in total. The summed E-state index contributed by atoms with van der Waals surface area (Å²) in [6.45, 7) is 1.49. The lowest BCUT2D eigenvalue weighted by molar-refractivity contribution is -0.136. The van der Waals surface area contributed by atoms with Crippen molar-refractivity contribution >= 4 is 29.3 Å². The van der Waals surface area contributed by atoms with Gasteiger partial charge in [-0.2, -0.15) is 0 Å². The molecule has 0 radical (unpaired) electrons. The molecule has 9 heteroatoms. The van der Waals surface area contributed by atoms with Crippen molar-refractivity contribution in [1.82, 2.24) is 20.0 Å². The zero-order chi connectivity index (χ0) is 17.7. The van der Waals surface area contributed by atoms with Crippen molar-refractivity contribution in [2.75, 3.05) is 27.3 Å². The number of urea groups is 1. The normalized spacial score (nSPS) is 25.2. The molecule has 0 bridgehead atoms. The minimum atomic E-state index is -0.548. The van der Waals surface area contributed by atoms with Crippen LogP contribution in [0.1, 0.15) is 5.56 Å². The van der Waals surface area contributed by atoms with Gasteiger partial charge in [0.25, 0.3) is 5.91 Å². The van der Waals surface area contributed by atoms with Gasteiger partial charge in [-0.3, -0.25) is 9.69 Å². The number of nitrogens with zero attached hydrogens (tertiary/aromatic N) is 3. The summed E-state index contributed by atoms with van der Waals surface area (Å²) in [5.74, 6) is 1.14. The lowest BCUT2D eigenvalue weighted by atomic mass is 10.1. The van der Waals surface area contributed by atoms with Crippen molar-refractivity contribution in [3.63, 3.8) is 0 Å². The molecule has 2 fully saturated rings. The van der Waals surface area contributed by atoms with E-state index < -0.39 is 12.2 Å². The summed E-state index contributed by atoms with van der Waals surface area (Å²) in [5.41, 5.74) is 0.948. The second-order valence-electron chi connectivity index (χ2n) is 6.24. The van der Waals surface area contributed by atoms with Crippen LogP contribution in [0.5, 0.6) is 11.5 Å². The van der Waals surface area contributed by atoms with Crippen LogP contribution < -0.4 is 14.8 Å². The van der Waals surface area contributed by atoms with E-state index in [1.54, 1.807) is 7.05 Å². The number of fused-ring (bicyclic) bond motifs is 2. The van der Waals surface area contributed by atoms with Gasteiger partial charge in [-0.15, -0.1) is 0 Å². The molecule has 132 valence electrons. The zero-order valence-corrected chi connectivity index (χ0v) is 14.7. The molecule has 25 heavy (non-hydrogen) atoms. The van der Waals surface area contributed by atoms with Crippen molar-refractivity contribution in [2.24, 2.45) is 0 Å². The van der Waals surface area contributed by atoms with E-state index >= 15 is 0 Å². The molecule has 1 aromatic carbocycles. The van der Waals surface area contributed by atoms with Crippen LogP contribution in [0.15, 0.2) is 18.2 Å². The molecule has 3 aliphatic heterocycles. The number of rotatable bonds is 2. The third kappa shape index (κ3) is 2.46. The van der Waals surface area contributed by atoms with Gasteiger partial charge in [0.1, 0.15) is 19.4 Å². The molecule has 1 aromatic rings. The summed E-state index contributed by atoms with van der Waals surface area (Å²) in [4.78, 5) is 29.2. The lowest BCUT2D eigenvalue weighted by Crippen LogP contribution is -2.65. The van der Waals surface area contributed by atoms with Gasteiger partial charge in [0, 0.05) is 20.6 Å². The Kier molecular flexibility index (Phi) is 3.68. The number of amides is 3. The number of hydrogen-bond acceptors (Lipinski definition) is 5. The van der Waals surface area contributed by atoms with Crippen LogP contribution in [-0.4, -0.2) is 71.3 Å². The summed E-state index contributed by atoms with van der Waals surface area (Å²) >= 11 is 5.41. The third-order valence-electron chi connectivity index (χ3n) is 4.72. The Balaban J connectivity index is 1.61. The van der Waals surface area contributed by atoms with E-state index in [9.17, 15) is 9.59 Å². The molecule has 3 heterocycles. The standard InChI is InChI=1S/C16H18N4O4S/c1-18-13-12(14(21)19(2)16(18)22)20(15(25)17-13)8-9-3-4-10-11(7-9)24-6-5-23-10/h3-4,7,12-13H,5-6,8H2,1-2H3,(H,17,25). The smallest absolute Gasteiger partial charge is 0.327 e. The maximum Gasteiger partial charge on any atom is 0.327 e. The molecule has 0 saturated carbocycles.